The maximum absolute atomic E-state index is 5.38. The van der Waals surface area contributed by atoms with E-state index in [0.717, 1.165) is 25.3 Å². The minimum Gasteiger partial charge on any atom is -0.481 e. The molecule has 4 heteroatoms. The predicted molar refractivity (Wildman–Crippen MR) is 62.8 cm³/mol. The maximum atomic E-state index is 5.38. The van der Waals surface area contributed by atoms with Gasteiger partial charge in [0.15, 0.2) is 0 Å². The van der Waals surface area contributed by atoms with Crippen LogP contribution in [0.1, 0.15) is 13.3 Å². The van der Waals surface area contributed by atoms with Crippen molar-refractivity contribution in [2.75, 3.05) is 25.6 Å². The first-order valence-corrected chi connectivity index (χ1v) is 5.64. The molecule has 88 valence electrons. The first-order chi connectivity index (χ1) is 7.79. The number of nitrogens with one attached hydrogen (secondary N) is 1. The molecule has 0 unspecified atom stereocenters. The Bertz CT molecular complexity index is 320. The second-order valence-electron chi connectivity index (χ2n) is 4.15. The Morgan fingerprint density at radius 1 is 1.56 bits per heavy atom. The van der Waals surface area contributed by atoms with Gasteiger partial charge in [0.25, 0.3) is 0 Å². The number of ether oxygens (including phenoxy) is 2. The van der Waals surface area contributed by atoms with E-state index in [1.165, 1.54) is 0 Å². The van der Waals surface area contributed by atoms with Crippen molar-refractivity contribution >= 4 is 5.69 Å². The lowest BCUT2D eigenvalue weighted by atomic mass is 10.0. The van der Waals surface area contributed by atoms with E-state index < -0.39 is 0 Å². The Hall–Kier alpha value is -1.29. The van der Waals surface area contributed by atoms with Gasteiger partial charge in [0.05, 0.1) is 25.6 Å². The number of hydrogen-bond acceptors (Lipinski definition) is 4. The summed E-state index contributed by atoms with van der Waals surface area (Å²) >= 11 is 0. The molecule has 0 saturated carbocycles. The quantitative estimate of drug-likeness (QED) is 0.845. The fourth-order valence-electron chi connectivity index (χ4n) is 1.91. The van der Waals surface area contributed by atoms with Gasteiger partial charge in [-0.25, -0.2) is 4.98 Å². The second-order valence-corrected chi connectivity index (χ2v) is 4.15. The van der Waals surface area contributed by atoms with Gasteiger partial charge in [0, 0.05) is 24.6 Å². The van der Waals surface area contributed by atoms with Crippen LogP contribution < -0.4 is 10.1 Å². The molecule has 1 fully saturated rings. The smallest absolute Gasteiger partial charge is 0.213 e. The summed E-state index contributed by atoms with van der Waals surface area (Å²) in [6, 6.07) is 4.26. The van der Waals surface area contributed by atoms with Crippen LogP contribution in [0, 0.1) is 5.92 Å². The van der Waals surface area contributed by atoms with Crippen molar-refractivity contribution in [3.8, 4) is 5.88 Å². The summed E-state index contributed by atoms with van der Waals surface area (Å²) in [6.07, 6.45) is 2.93. The predicted octanol–water partition coefficient (Wildman–Crippen LogP) is 1.93. The van der Waals surface area contributed by atoms with Crippen molar-refractivity contribution in [1.29, 1.82) is 0 Å². The van der Waals surface area contributed by atoms with Crippen molar-refractivity contribution in [3.05, 3.63) is 18.3 Å². The lowest BCUT2D eigenvalue weighted by Crippen LogP contribution is -2.26. The summed E-state index contributed by atoms with van der Waals surface area (Å²) in [6.45, 7) is 3.93. The topological polar surface area (TPSA) is 43.4 Å². The number of pyridine rings is 1. The van der Waals surface area contributed by atoms with Crippen LogP contribution in [0.25, 0.3) is 0 Å². The Kier molecular flexibility index (Phi) is 3.62. The van der Waals surface area contributed by atoms with E-state index in [4.69, 9.17) is 9.47 Å². The van der Waals surface area contributed by atoms with Gasteiger partial charge in [-0.15, -0.1) is 0 Å². The molecule has 2 atom stereocenters. The first-order valence-electron chi connectivity index (χ1n) is 5.64. The molecule has 1 saturated heterocycles. The van der Waals surface area contributed by atoms with Crippen LogP contribution in [0.2, 0.25) is 0 Å². The molecule has 1 aliphatic heterocycles. The van der Waals surface area contributed by atoms with Crippen molar-refractivity contribution in [2.45, 2.75) is 19.4 Å². The van der Waals surface area contributed by atoms with Crippen molar-refractivity contribution in [2.24, 2.45) is 5.92 Å². The molecule has 0 radical (unpaired) electrons. The highest BCUT2D eigenvalue weighted by molar-refractivity contribution is 5.42. The van der Waals surface area contributed by atoms with Crippen LogP contribution >= 0.6 is 0 Å². The van der Waals surface area contributed by atoms with Crippen molar-refractivity contribution in [3.63, 3.8) is 0 Å². The molecule has 0 aliphatic carbocycles. The summed E-state index contributed by atoms with van der Waals surface area (Å²) in [4.78, 5) is 4.16. The van der Waals surface area contributed by atoms with E-state index in [0.29, 0.717) is 17.8 Å². The molecular formula is C12H18N2O2. The zero-order valence-electron chi connectivity index (χ0n) is 9.77. The average Bonchev–Trinajstić information content (AvgIpc) is 2.83. The fourth-order valence-corrected chi connectivity index (χ4v) is 1.91. The maximum Gasteiger partial charge on any atom is 0.213 e. The number of methoxy groups -OCH3 is 1. The number of hydrogen-bond donors (Lipinski definition) is 1. The molecule has 0 spiro atoms. The van der Waals surface area contributed by atoms with Crippen molar-refractivity contribution < 1.29 is 9.47 Å². The summed E-state index contributed by atoms with van der Waals surface area (Å²) in [7, 11) is 1.62. The lowest BCUT2D eigenvalue weighted by molar-refractivity contribution is 0.183. The molecule has 1 N–H and O–H groups in total. The summed E-state index contributed by atoms with van der Waals surface area (Å²) in [5.41, 5.74) is 1.03. The van der Waals surface area contributed by atoms with E-state index in [1.54, 1.807) is 13.3 Å². The number of nitrogens with zero attached hydrogens (tertiary/aromatic N) is 1. The van der Waals surface area contributed by atoms with Gasteiger partial charge in [0.1, 0.15) is 0 Å². The van der Waals surface area contributed by atoms with Gasteiger partial charge in [-0.05, 0) is 19.4 Å². The lowest BCUT2D eigenvalue weighted by Gasteiger charge is -2.20. The van der Waals surface area contributed by atoms with Crippen molar-refractivity contribution in [1.82, 2.24) is 4.98 Å². The van der Waals surface area contributed by atoms with E-state index in [-0.39, 0.29) is 0 Å². The fraction of sp³-hybridized carbons (Fsp3) is 0.583. The highest BCUT2D eigenvalue weighted by Crippen LogP contribution is 2.20. The third-order valence-corrected chi connectivity index (χ3v) is 3.01. The standard InChI is InChI=1S/C12H18N2O2/c1-9(10-5-6-16-8-10)14-11-3-4-12(15-2)13-7-11/h3-4,7,9-10,14H,5-6,8H2,1-2H3/t9-,10+/m1/s1. The molecule has 1 aliphatic rings. The number of rotatable bonds is 4. The van der Waals surface area contributed by atoms with Crippen LogP contribution in [0.15, 0.2) is 18.3 Å². The molecule has 0 amide bonds. The highest BCUT2D eigenvalue weighted by atomic mass is 16.5. The highest BCUT2D eigenvalue weighted by Gasteiger charge is 2.21. The van der Waals surface area contributed by atoms with E-state index in [1.807, 2.05) is 12.1 Å². The average molecular weight is 222 g/mol. The van der Waals surface area contributed by atoms with Gasteiger partial charge in [-0.1, -0.05) is 0 Å². The number of aromatic nitrogens is 1. The number of anilines is 1. The summed E-state index contributed by atoms with van der Waals surface area (Å²) in [5, 5.41) is 3.44. The molecular weight excluding hydrogens is 204 g/mol. The zero-order valence-corrected chi connectivity index (χ0v) is 9.77. The van der Waals surface area contributed by atoms with Gasteiger partial charge < -0.3 is 14.8 Å². The van der Waals surface area contributed by atoms with Crippen LogP contribution in [0.5, 0.6) is 5.88 Å². The van der Waals surface area contributed by atoms with E-state index in [9.17, 15) is 0 Å². The minimum atomic E-state index is 0.415. The Balaban J connectivity index is 1.92. The Labute approximate surface area is 96.0 Å². The van der Waals surface area contributed by atoms with Gasteiger partial charge in [-0.2, -0.15) is 0 Å². The van der Waals surface area contributed by atoms with Crippen LogP contribution in [-0.4, -0.2) is 31.3 Å². The largest absolute Gasteiger partial charge is 0.481 e. The van der Waals surface area contributed by atoms with Gasteiger partial charge in [0.2, 0.25) is 5.88 Å². The minimum absolute atomic E-state index is 0.415. The zero-order chi connectivity index (χ0) is 11.4. The first kappa shape index (κ1) is 11.2. The van der Waals surface area contributed by atoms with E-state index >= 15 is 0 Å². The molecule has 1 aromatic rings. The van der Waals surface area contributed by atoms with Gasteiger partial charge >= 0.3 is 0 Å². The summed E-state index contributed by atoms with van der Waals surface area (Å²) in [5.74, 6) is 1.24. The summed E-state index contributed by atoms with van der Waals surface area (Å²) < 4.78 is 10.4. The molecule has 2 heterocycles. The molecule has 0 bridgehead atoms. The third-order valence-electron chi connectivity index (χ3n) is 3.01. The van der Waals surface area contributed by atoms with Crippen LogP contribution in [0.3, 0.4) is 0 Å². The van der Waals surface area contributed by atoms with Crippen LogP contribution in [0.4, 0.5) is 5.69 Å². The Morgan fingerprint density at radius 3 is 3.00 bits per heavy atom. The molecule has 16 heavy (non-hydrogen) atoms. The molecule has 4 nitrogen and oxygen atoms in total. The SMILES string of the molecule is COc1ccc(N[C@H](C)[C@H]2CCOC2)cn1. The molecule has 0 aromatic carbocycles. The van der Waals surface area contributed by atoms with Crippen LogP contribution in [-0.2, 0) is 4.74 Å². The third kappa shape index (κ3) is 2.64. The molecule has 1 aromatic heterocycles. The normalized spacial score (nSPS) is 21.8. The monoisotopic (exact) mass is 222 g/mol. The molecule has 2 rings (SSSR count). The second kappa shape index (κ2) is 5.16. The Morgan fingerprint density at radius 2 is 2.44 bits per heavy atom. The van der Waals surface area contributed by atoms with E-state index in [2.05, 4.69) is 17.2 Å². The van der Waals surface area contributed by atoms with Gasteiger partial charge in [-0.3, -0.25) is 0 Å².